The second kappa shape index (κ2) is 7.61. The number of carbonyl (C=O) groups is 2. The lowest BCUT2D eigenvalue weighted by Gasteiger charge is -2.33. The predicted molar refractivity (Wildman–Crippen MR) is 89.1 cm³/mol. The summed E-state index contributed by atoms with van der Waals surface area (Å²) in [5, 5.41) is 8.73. The molecule has 24 heavy (non-hydrogen) atoms. The number of urea groups is 1. The molecule has 2 aliphatic rings. The molecule has 7 heteroatoms. The maximum Gasteiger partial charge on any atom is 0.321 e. The van der Waals surface area contributed by atoms with E-state index in [1.807, 2.05) is 0 Å². The van der Waals surface area contributed by atoms with Crippen molar-refractivity contribution in [1.29, 1.82) is 0 Å². The smallest absolute Gasteiger partial charge is 0.321 e. The number of amides is 3. The van der Waals surface area contributed by atoms with Crippen LogP contribution in [-0.2, 0) is 4.79 Å². The van der Waals surface area contributed by atoms with Crippen molar-refractivity contribution in [2.45, 2.75) is 12.8 Å². The Labute approximate surface area is 140 Å². The maximum absolute atomic E-state index is 13.6. The topological polar surface area (TPSA) is 73.5 Å². The van der Waals surface area contributed by atoms with Crippen LogP contribution < -0.4 is 16.0 Å². The van der Waals surface area contributed by atoms with Gasteiger partial charge >= 0.3 is 6.03 Å². The van der Waals surface area contributed by atoms with E-state index >= 15 is 0 Å². The summed E-state index contributed by atoms with van der Waals surface area (Å²) in [5.41, 5.74) is 0.159. The number of rotatable bonds is 4. The van der Waals surface area contributed by atoms with Gasteiger partial charge < -0.3 is 20.9 Å². The number of carbonyl (C=O) groups excluding carboxylic acids is 2. The first-order chi connectivity index (χ1) is 11.6. The van der Waals surface area contributed by atoms with E-state index in [0.717, 1.165) is 25.9 Å². The molecule has 0 bridgehead atoms. The number of anilines is 1. The molecule has 2 heterocycles. The van der Waals surface area contributed by atoms with Gasteiger partial charge in [-0.3, -0.25) is 4.79 Å². The molecule has 1 unspecified atom stereocenters. The average molecular weight is 334 g/mol. The van der Waals surface area contributed by atoms with E-state index in [-0.39, 0.29) is 23.5 Å². The van der Waals surface area contributed by atoms with E-state index in [2.05, 4.69) is 16.0 Å². The number of hydrogen-bond donors (Lipinski definition) is 3. The van der Waals surface area contributed by atoms with E-state index < -0.39 is 5.82 Å². The molecule has 3 rings (SSSR count). The molecule has 6 nitrogen and oxygen atoms in total. The molecule has 3 N–H and O–H groups in total. The first-order valence-corrected chi connectivity index (χ1v) is 8.42. The average Bonchev–Trinajstić information content (AvgIpc) is 2.55. The van der Waals surface area contributed by atoms with Crippen LogP contribution in [-0.4, -0.2) is 49.6 Å². The van der Waals surface area contributed by atoms with Crippen molar-refractivity contribution >= 4 is 17.6 Å². The van der Waals surface area contributed by atoms with E-state index in [9.17, 15) is 14.0 Å². The third-order valence-electron chi connectivity index (χ3n) is 4.63. The molecule has 2 aliphatic heterocycles. The Morgan fingerprint density at radius 2 is 2.08 bits per heavy atom. The predicted octanol–water partition coefficient (Wildman–Crippen LogP) is 1.41. The highest BCUT2D eigenvalue weighted by Crippen LogP contribution is 2.19. The van der Waals surface area contributed by atoms with Gasteiger partial charge in [-0.1, -0.05) is 12.1 Å². The number of para-hydroxylation sites is 1. The summed E-state index contributed by atoms with van der Waals surface area (Å²) in [6.07, 6.45) is 1.55. The van der Waals surface area contributed by atoms with Gasteiger partial charge in [0.25, 0.3) is 0 Å². The van der Waals surface area contributed by atoms with Crippen LogP contribution in [0.3, 0.4) is 0 Å². The third kappa shape index (κ3) is 4.03. The Morgan fingerprint density at radius 1 is 1.29 bits per heavy atom. The second-order valence-corrected chi connectivity index (χ2v) is 6.46. The van der Waals surface area contributed by atoms with Crippen molar-refractivity contribution < 1.29 is 14.0 Å². The molecular weight excluding hydrogens is 311 g/mol. The van der Waals surface area contributed by atoms with Crippen molar-refractivity contribution in [3.05, 3.63) is 30.1 Å². The van der Waals surface area contributed by atoms with Gasteiger partial charge in [0.15, 0.2) is 0 Å². The lowest BCUT2D eigenvalue weighted by atomic mass is 9.96. The molecule has 0 aromatic heterocycles. The van der Waals surface area contributed by atoms with Crippen molar-refractivity contribution in [3.8, 4) is 0 Å². The highest BCUT2D eigenvalue weighted by Gasteiger charge is 2.29. The number of nitrogens with zero attached hydrogens (tertiary/aromatic N) is 1. The highest BCUT2D eigenvalue weighted by atomic mass is 19.1. The molecule has 0 saturated carbocycles. The molecule has 1 aromatic carbocycles. The minimum absolute atomic E-state index is 0.00490. The van der Waals surface area contributed by atoms with Gasteiger partial charge in [0, 0.05) is 38.6 Å². The first kappa shape index (κ1) is 16.7. The standard InChI is InChI=1S/C17H23FN4O2/c18-14-5-1-2-6-15(14)21-17(24)22-7-3-4-13(11-22)16(23)20-10-12-8-19-9-12/h1-2,5-6,12-13,19H,3-4,7-11H2,(H,20,23)(H,21,24). The van der Waals surface area contributed by atoms with E-state index in [1.54, 1.807) is 17.0 Å². The van der Waals surface area contributed by atoms with Crippen molar-refractivity contribution in [1.82, 2.24) is 15.5 Å². The molecule has 0 spiro atoms. The Morgan fingerprint density at radius 3 is 2.79 bits per heavy atom. The number of likely N-dealkylation sites (tertiary alicyclic amines) is 1. The normalized spacial score (nSPS) is 21.0. The fourth-order valence-corrected chi connectivity index (χ4v) is 3.01. The Balaban J connectivity index is 1.51. The van der Waals surface area contributed by atoms with Gasteiger partial charge in [0.05, 0.1) is 11.6 Å². The minimum Gasteiger partial charge on any atom is -0.355 e. The highest BCUT2D eigenvalue weighted by molar-refractivity contribution is 5.90. The Kier molecular flexibility index (Phi) is 5.30. The van der Waals surface area contributed by atoms with Crippen LogP contribution in [0.25, 0.3) is 0 Å². The zero-order valence-corrected chi connectivity index (χ0v) is 13.6. The van der Waals surface area contributed by atoms with Gasteiger partial charge in [0.1, 0.15) is 5.82 Å². The summed E-state index contributed by atoms with van der Waals surface area (Å²) in [6, 6.07) is 5.70. The van der Waals surface area contributed by atoms with Gasteiger partial charge in [-0.25, -0.2) is 9.18 Å². The fraction of sp³-hybridized carbons (Fsp3) is 0.529. The summed E-state index contributed by atoms with van der Waals surface area (Å²) in [4.78, 5) is 26.2. The SMILES string of the molecule is O=C(NCC1CNC1)C1CCCN(C(=O)Nc2ccccc2F)C1. The van der Waals surface area contributed by atoms with E-state index in [0.29, 0.717) is 25.6 Å². The summed E-state index contributed by atoms with van der Waals surface area (Å²) in [6.45, 7) is 3.53. The van der Waals surface area contributed by atoms with Crippen molar-refractivity contribution in [2.24, 2.45) is 11.8 Å². The molecular formula is C17H23FN4O2. The summed E-state index contributed by atoms with van der Waals surface area (Å²) < 4.78 is 13.6. The van der Waals surface area contributed by atoms with Crippen LogP contribution in [0.5, 0.6) is 0 Å². The lowest BCUT2D eigenvalue weighted by molar-refractivity contribution is -0.126. The molecule has 0 radical (unpaired) electrons. The Hall–Kier alpha value is -2.15. The molecule has 130 valence electrons. The van der Waals surface area contributed by atoms with Crippen molar-refractivity contribution in [2.75, 3.05) is 38.0 Å². The number of benzene rings is 1. The van der Waals surface area contributed by atoms with Gasteiger partial charge in [-0.2, -0.15) is 0 Å². The molecule has 2 fully saturated rings. The number of nitrogens with one attached hydrogen (secondary N) is 3. The van der Waals surface area contributed by atoms with Crippen LogP contribution in [0.2, 0.25) is 0 Å². The molecule has 2 saturated heterocycles. The number of hydrogen-bond acceptors (Lipinski definition) is 3. The van der Waals surface area contributed by atoms with Gasteiger partial charge in [-0.05, 0) is 25.0 Å². The molecule has 1 atom stereocenters. The van der Waals surface area contributed by atoms with Crippen LogP contribution >= 0.6 is 0 Å². The quantitative estimate of drug-likeness (QED) is 0.779. The zero-order valence-electron chi connectivity index (χ0n) is 13.6. The van der Waals surface area contributed by atoms with E-state index in [4.69, 9.17) is 0 Å². The Bertz CT molecular complexity index is 606. The van der Waals surface area contributed by atoms with E-state index in [1.165, 1.54) is 12.1 Å². The largest absolute Gasteiger partial charge is 0.355 e. The summed E-state index contributed by atoms with van der Waals surface area (Å²) in [7, 11) is 0. The monoisotopic (exact) mass is 334 g/mol. The zero-order chi connectivity index (χ0) is 16.9. The molecule has 0 aliphatic carbocycles. The van der Waals surface area contributed by atoms with Crippen LogP contribution in [0, 0.1) is 17.7 Å². The molecule has 3 amide bonds. The fourth-order valence-electron chi connectivity index (χ4n) is 3.01. The minimum atomic E-state index is -0.466. The third-order valence-corrected chi connectivity index (χ3v) is 4.63. The van der Waals surface area contributed by atoms with Crippen molar-refractivity contribution in [3.63, 3.8) is 0 Å². The number of piperidine rings is 1. The second-order valence-electron chi connectivity index (χ2n) is 6.46. The number of halogens is 1. The summed E-state index contributed by atoms with van der Waals surface area (Å²) in [5.74, 6) is -0.146. The van der Waals surface area contributed by atoms with Gasteiger partial charge in [0.2, 0.25) is 5.91 Å². The summed E-state index contributed by atoms with van der Waals surface area (Å²) >= 11 is 0. The van der Waals surface area contributed by atoms with Crippen LogP contribution in [0.1, 0.15) is 12.8 Å². The van der Waals surface area contributed by atoms with Gasteiger partial charge in [-0.15, -0.1) is 0 Å². The maximum atomic E-state index is 13.6. The lowest BCUT2D eigenvalue weighted by Crippen LogP contribution is -2.51. The van der Waals surface area contributed by atoms with Crippen LogP contribution in [0.4, 0.5) is 14.9 Å². The first-order valence-electron chi connectivity index (χ1n) is 8.42. The molecule has 1 aromatic rings. The van der Waals surface area contributed by atoms with Crippen LogP contribution in [0.15, 0.2) is 24.3 Å².